The van der Waals surface area contributed by atoms with Crippen LogP contribution in [0.2, 0.25) is 19.6 Å². The van der Waals surface area contributed by atoms with Crippen molar-refractivity contribution in [2.24, 2.45) is 0 Å². The third-order valence-electron chi connectivity index (χ3n) is 3.80. The first-order valence-electron chi connectivity index (χ1n) is 7.47. The van der Waals surface area contributed by atoms with Crippen molar-refractivity contribution < 1.29 is 4.74 Å². The Kier molecular flexibility index (Phi) is 5.19. The molecule has 1 aromatic rings. The molecule has 1 N–H and O–H groups in total. The highest BCUT2D eigenvalue weighted by molar-refractivity contribution is 6.88. The van der Waals surface area contributed by atoms with Crippen LogP contribution >= 0.6 is 0 Å². The molecule has 1 atom stereocenters. The number of hydrogen-bond acceptors (Lipinski definition) is 2. The normalized spacial score (nSPS) is 20.5. The molecule has 106 valence electrons. The van der Waals surface area contributed by atoms with E-state index in [1.165, 1.54) is 30.0 Å². The molecule has 1 aromatic carbocycles. The van der Waals surface area contributed by atoms with Gasteiger partial charge in [0.2, 0.25) is 0 Å². The van der Waals surface area contributed by atoms with E-state index < -0.39 is 8.07 Å². The van der Waals surface area contributed by atoms with Crippen molar-refractivity contribution in [2.75, 3.05) is 13.2 Å². The van der Waals surface area contributed by atoms with E-state index in [0.717, 1.165) is 19.7 Å². The number of hydrogen-bond donors (Lipinski definition) is 1. The SMILES string of the molecule is C[Si](C)(C)c1ccc(CNCC2CCCCO2)cc1. The smallest absolute Gasteiger partial charge is 0.0775 e. The largest absolute Gasteiger partial charge is 0.377 e. The average molecular weight is 277 g/mol. The van der Waals surface area contributed by atoms with Gasteiger partial charge in [-0.1, -0.05) is 49.1 Å². The molecule has 1 fully saturated rings. The fourth-order valence-corrected chi connectivity index (χ4v) is 3.64. The van der Waals surface area contributed by atoms with Crippen LogP contribution in [0.1, 0.15) is 24.8 Å². The van der Waals surface area contributed by atoms with Crippen LogP contribution in [-0.4, -0.2) is 27.3 Å². The minimum Gasteiger partial charge on any atom is -0.377 e. The first-order valence-corrected chi connectivity index (χ1v) is 11.0. The van der Waals surface area contributed by atoms with Gasteiger partial charge in [-0.2, -0.15) is 0 Å². The minimum atomic E-state index is -1.15. The highest BCUT2D eigenvalue weighted by Gasteiger charge is 2.16. The predicted octanol–water partition coefficient (Wildman–Crippen LogP) is 2.89. The van der Waals surface area contributed by atoms with Gasteiger partial charge in [0, 0.05) is 19.7 Å². The highest BCUT2D eigenvalue weighted by Crippen LogP contribution is 2.12. The molecule has 0 aromatic heterocycles. The summed E-state index contributed by atoms with van der Waals surface area (Å²) in [7, 11) is -1.15. The van der Waals surface area contributed by atoms with Crippen LogP contribution in [0, 0.1) is 0 Å². The summed E-state index contributed by atoms with van der Waals surface area (Å²) < 4.78 is 5.72. The van der Waals surface area contributed by atoms with Gasteiger partial charge < -0.3 is 10.1 Å². The molecule has 0 saturated carbocycles. The Balaban J connectivity index is 1.76. The molecular formula is C16H27NOSi. The van der Waals surface area contributed by atoms with Crippen molar-refractivity contribution in [1.29, 1.82) is 0 Å². The van der Waals surface area contributed by atoms with Crippen LogP contribution in [0.25, 0.3) is 0 Å². The molecule has 19 heavy (non-hydrogen) atoms. The summed E-state index contributed by atoms with van der Waals surface area (Å²) in [5.74, 6) is 0. The van der Waals surface area contributed by atoms with Crippen molar-refractivity contribution in [2.45, 2.75) is 51.6 Å². The first-order chi connectivity index (χ1) is 9.05. The number of rotatable bonds is 5. The Labute approximate surface area is 118 Å². The van der Waals surface area contributed by atoms with Crippen LogP contribution in [0.5, 0.6) is 0 Å². The molecule has 1 unspecified atom stereocenters. The zero-order valence-corrected chi connectivity index (χ0v) is 13.5. The van der Waals surface area contributed by atoms with Crippen LogP contribution in [0.4, 0.5) is 0 Å². The molecule has 0 aliphatic carbocycles. The maximum atomic E-state index is 5.72. The molecule has 1 aliphatic heterocycles. The van der Waals surface area contributed by atoms with E-state index in [0.29, 0.717) is 6.10 Å². The number of benzene rings is 1. The number of ether oxygens (including phenoxy) is 1. The second-order valence-corrected chi connectivity index (χ2v) is 11.6. The third kappa shape index (κ3) is 4.75. The van der Waals surface area contributed by atoms with Crippen LogP contribution in [-0.2, 0) is 11.3 Å². The van der Waals surface area contributed by atoms with Crippen molar-refractivity contribution in [3.8, 4) is 0 Å². The lowest BCUT2D eigenvalue weighted by molar-refractivity contribution is 0.0168. The zero-order chi connectivity index (χ0) is 13.7. The van der Waals surface area contributed by atoms with Gasteiger partial charge in [-0.3, -0.25) is 0 Å². The Morgan fingerprint density at radius 1 is 1.16 bits per heavy atom. The van der Waals surface area contributed by atoms with E-state index in [1.807, 2.05) is 0 Å². The molecule has 2 nitrogen and oxygen atoms in total. The van der Waals surface area contributed by atoms with Gasteiger partial charge in [0.1, 0.15) is 0 Å². The molecule has 0 spiro atoms. The summed E-state index contributed by atoms with van der Waals surface area (Å²) >= 11 is 0. The van der Waals surface area contributed by atoms with Gasteiger partial charge in [0.25, 0.3) is 0 Å². The highest BCUT2D eigenvalue weighted by atomic mass is 28.3. The Bertz CT molecular complexity index is 377. The molecule has 1 saturated heterocycles. The minimum absolute atomic E-state index is 0.426. The lowest BCUT2D eigenvalue weighted by Gasteiger charge is -2.23. The fourth-order valence-electron chi connectivity index (χ4n) is 2.47. The first kappa shape index (κ1) is 14.8. The maximum absolute atomic E-state index is 5.72. The van der Waals surface area contributed by atoms with E-state index in [4.69, 9.17) is 4.74 Å². The molecule has 0 amide bonds. The summed E-state index contributed by atoms with van der Waals surface area (Å²) in [5, 5.41) is 5.05. The maximum Gasteiger partial charge on any atom is 0.0775 e. The topological polar surface area (TPSA) is 21.3 Å². The molecular weight excluding hydrogens is 250 g/mol. The van der Waals surface area contributed by atoms with Crippen molar-refractivity contribution in [3.63, 3.8) is 0 Å². The molecule has 1 aliphatic rings. The standard InChI is InChI=1S/C16H27NOSi/c1-19(2,3)16-9-7-14(8-10-16)12-17-13-15-6-4-5-11-18-15/h7-10,15,17H,4-6,11-13H2,1-3H3. The molecule has 1 heterocycles. The number of nitrogens with one attached hydrogen (secondary N) is 1. The van der Waals surface area contributed by atoms with Crippen molar-refractivity contribution >= 4 is 13.3 Å². The van der Waals surface area contributed by atoms with Crippen molar-refractivity contribution in [3.05, 3.63) is 29.8 Å². The predicted molar refractivity (Wildman–Crippen MR) is 84.7 cm³/mol. The Morgan fingerprint density at radius 2 is 1.89 bits per heavy atom. The monoisotopic (exact) mass is 277 g/mol. The van der Waals surface area contributed by atoms with E-state index in [9.17, 15) is 0 Å². The van der Waals surface area contributed by atoms with Gasteiger partial charge in [-0.05, 0) is 24.8 Å². The lowest BCUT2D eigenvalue weighted by atomic mass is 10.1. The summed E-state index contributed by atoms with van der Waals surface area (Å²) in [5.41, 5.74) is 1.37. The van der Waals surface area contributed by atoms with Gasteiger partial charge in [0.15, 0.2) is 0 Å². The van der Waals surface area contributed by atoms with Crippen LogP contribution in [0.15, 0.2) is 24.3 Å². The van der Waals surface area contributed by atoms with Crippen molar-refractivity contribution in [1.82, 2.24) is 5.32 Å². The zero-order valence-electron chi connectivity index (χ0n) is 12.5. The second-order valence-electron chi connectivity index (χ2n) is 6.57. The van der Waals surface area contributed by atoms with E-state index in [2.05, 4.69) is 49.2 Å². The quantitative estimate of drug-likeness (QED) is 0.836. The Hall–Kier alpha value is -0.643. The Morgan fingerprint density at radius 3 is 2.47 bits per heavy atom. The fraction of sp³-hybridized carbons (Fsp3) is 0.625. The summed E-state index contributed by atoms with van der Waals surface area (Å²) in [6, 6.07) is 9.14. The summed E-state index contributed by atoms with van der Waals surface area (Å²) in [4.78, 5) is 0. The van der Waals surface area contributed by atoms with Crippen LogP contribution < -0.4 is 10.5 Å². The van der Waals surface area contributed by atoms with E-state index in [1.54, 1.807) is 0 Å². The summed E-state index contributed by atoms with van der Waals surface area (Å²) in [6.07, 6.45) is 4.18. The van der Waals surface area contributed by atoms with Gasteiger partial charge in [0.05, 0.1) is 14.2 Å². The third-order valence-corrected chi connectivity index (χ3v) is 5.86. The summed E-state index contributed by atoms with van der Waals surface area (Å²) in [6.45, 7) is 10.0. The molecule has 3 heteroatoms. The van der Waals surface area contributed by atoms with Gasteiger partial charge in [-0.25, -0.2) is 0 Å². The van der Waals surface area contributed by atoms with Gasteiger partial charge in [-0.15, -0.1) is 0 Å². The molecule has 2 rings (SSSR count). The second kappa shape index (κ2) is 6.68. The van der Waals surface area contributed by atoms with Crippen LogP contribution in [0.3, 0.4) is 0 Å². The van der Waals surface area contributed by atoms with E-state index in [-0.39, 0.29) is 0 Å². The average Bonchev–Trinajstić information content (AvgIpc) is 2.39. The lowest BCUT2D eigenvalue weighted by Crippen LogP contribution is -2.37. The molecule has 0 bridgehead atoms. The van der Waals surface area contributed by atoms with E-state index >= 15 is 0 Å². The van der Waals surface area contributed by atoms with Gasteiger partial charge >= 0.3 is 0 Å². The molecule has 0 radical (unpaired) electrons.